The SMILES string of the molecule is CSC(C)(C)CNCc1cccc(C2CC2)c1. The van der Waals surface area contributed by atoms with E-state index in [9.17, 15) is 0 Å². The number of thioether (sulfide) groups is 1. The Morgan fingerprint density at radius 1 is 1.35 bits per heavy atom. The van der Waals surface area contributed by atoms with Crippen molar-refractivity contribution < 1.29 is 0 Å². The Hall–Kier alpha value is -0.470. The number of hydrogen-bond donors (Lipinski definition) is 1. The van der Waals surface area contributed by atoms with Gasteiger partial charge in [0.1, 0.15) is 0 Å². The van der Waals surface area contributed by atoms with Gasteiger partial charge in [-0.2, -0.15) is 11.8 Å². The Morgan fingerprint density at radius 2 is 2.12 bits per heavy atom. The van der Waals surface area contributed by atoms with Crippen LogP contribution in [0, 0.1) is 0 Å². The standard InChI is InChI=1S/C15H23NS/c1-15(2,17-3)11-16-10-12-5-4-6-14(9-12)13-7-8-13/h4-6,9,13,16H,7-8,10-11H2,1-3H3. The summed E-state index contributed by atoms with van der Waals surface area (Å²) in [6, 6.07) is 9.07. The maximum atomic E-state index is 3.56. The smallest absolute Gasteiger partial charge is 0.0225 e. The summed E-state index contributed by atoms with van der Waals surface area (Å²) in [5.41, 5.74) is 2.96. The molecule has 1 aliphatic carbocycles. The van der Waals surface area contributed by atoms with Crippen LogP contribution in [0.3, 0.4) is 0 Å². The van der Waals surface area contributed by atoms with Gasteiger partial charge in [-0.25, -0.2) is 0 Å². The molecule has 2 heteroatoms. The van der Waals surface area contributed by atoms with Gasteiger partial charge in [0.2, 0.25) is 0 Å². The maximum Gasteiger partial charge on any atom is 0.0225 e. The molecule has 0 amide bonds. The van der Waals surface area contributed by atoms with E-state index in [-0.39, 0.29) is 0 Å². The van der Waals surface area contributed by atoms with E-state index in [0.717, 1.165) is 19.0 Å². The van der Waals surface area contributed by atoms with Gasteiger partial charge in [0, 0.05) is 17.8 Å². The average molecular weight is 249 g/mol. The number of nitrogens with one attached hydrogen (secondary N) is 1. The Bertz CT molecular complexity index is 369. The van der Waals surface area contributed by atoms with Gasteiger partial charge in [-0.05, 0) is 50.0 Å². The molecule has 0 heterocycles. The molecule has 0 atom stereocenters. The van der Waals surface area contributed by atoms with Crippen LogP contribution in [-0.4, -0.2) is 17.5 Å². The van der Waals surface area contributed by atoms with Crippen LogP contribution in [0.15, 0.2) is 24.3 Å². The van der Waals surface area contributed by atoms with E-state index in [1.54, 1.807) is 0 Å². The molecule has 0 saturated heterocycles. The van der Waals surface area contributed by atoms with Crippen molar-refractivity contribution in [3.8, 4) is 0 Å². The van der Waals surface area contributed by atoms with Crippen LogP contribution >= 0.6 is 11.8 Å². The molecule has 0 radical (unpaired) electrons. The average Bonchev–Trinajstić information content (AvgIpc) is 3.13. The molecule has 1 aliphatic rings. The van der Waals surface area contributed by atoms with Crippen molar-refractivity contribution in [2.45, 2.75) is 43.9 Å². The monoisotopic (exact) mass is 249 g/mol. The molecule has 1 aromatic rings. The zero-order valence-corrected chi connectivity index (χ0v) is 11.9. The number of benzene rings is 1. The van der Waals surface area contributed by atoms with E-state index < -0.39 is 0 Å². The van der Waals surface area contributed by atoms with E-state index in [0.29, 0.717) is 4.75 Å². The summed E-state index contributed by atoms with van der Waals surface area (Å²) in [4.78, 5) is 0. The molecular formula is C15H23NS. The minimum absolute atomic E-state index is 0.327. The lowest BCUT2D eigenvalue weighted by atomic mass is 10.1. The normalized spacial score (nSPS) is 16.2. The lowest BCUT2D eigenvalue weighted by Crippen LogP contribution is -2.31. The first kappa shape index (κ1) is 13.0. The van der Waals surface area contributed by atoms with Crippen LogP contribution < -0.4 is 5.32 Å². The number of rotatable bonds is 6. The zero-order valence-electron chi connectivity index (χ0n) is 11.1. The van der Waals surface area contributed by atoms with Gasteiger partial charge >= 0.3 is 0 Å². The molecule has 0 spiro atoms. The third-order valence-corrected chi connectivity index (χ3v) is 4.68. The maximum absolute atomic E-state index is 3.56. The fourth-order valence-electron chi connectivity index (χ4n) is 1.95. The van der Waals surface area contributed by atoms with Crippen LogP contribution in [0.2, 0.25) is 0 Å². The minimum Gasteiger partial charge on any atom is -0.311 e. The molecular weight excluding hydrogens is 226 g/mol. The molecule has 1 nitrogen and oxygen atoms in total. The molecule has 1 N–H and O–H groups in total. The van der Waals surface area contributed by atoms with Crippen molar-refractivity contribution in [3.63, 3.8) is 0 Å². The van der Waals surface area contributed by atoms with Crippen LogP contribution in [0.25, 0.3) is 0 Å². The first-order valence-electron chi connectivity index (χ1n) is 6.45. The molecule has 2 rings (SSSR count). The summed E-state index contributed by atoms with van der Waals surface area (Å²) in [5.74, 6) is 0.859. The molecule has 0 bridgehead atoms. The van der Waals surface area contributed by atoms with Crippen LogP contribution in [0.4, 0.5) is 0 Å². The summed E-state index contributed by atoms with van der Waals surface area (Å²) < 4.78 is 0.327. The van der Waals surface area contributed by atoms with E-state index in [2.05, 4.69) is 49.7 Å². The van der Waals surface area contributed by atoms with Gasteiger partial charge in [-0.3, -0.25) is 0 Å². The highest BCUT2D eigenvalue weighted by molar-refractivity contribution is 7.99. The molecule has 0 unspecified atom stereocenters. The Morgan fingerprint density at radius 3 is 2.76 bits per heavy atom. The summed E-state index contributed by atoms with van der Waals surface area (Å²) in [5, 5.41) is 3.56. The topological polar surface area (TPSA) is 12.0 Å². The second kappa shape index (κ2) is 5.45. The first-order valence-corrected chi connectivity index (χ1v) is 7.68. The molecule has 17 heavy (non-hydrogen) atoms. The highest BCUT2D eigenvalue weighted by atomic mass is 32.2. The molecule has 94 valence electrons. The minimum atomic E-state index is 0.327. The van der Waals surface area contributed by atoms with E-state index in [1.165, 1.54) is 24.0 Å². The largest absolute Gasteiger partial charge is 0.311 e. The fraction of sp³-hybridized carbons (Fsp3) is 0.600. The van der Waals surface area contributed by atoms with E-state index >= 15 is 0 Å². The molecule has 0 aromatic heterocycles. The van der Waals surface area contributed by atoms with Gasteiger partial charge in [0.15, 0.2) is 0 Å². The second-order valence-electron chi connectivity index (χ2n) is 5.59. The molecule has 1 fully saturated rings. The molecule has 1 aromatic carbocycles. The van der Waals surface area contributed by atoms with Gasteiger partial charge in [0.25, 0.3) is 0 Å². The highest BCUT2D eigenvalue weighted by Gasteiger charge is 2.23. The Labute approximate surface area is 109 Å². The highest BCUT2D eigenvalue weighted by Crippen LogP contribution is 2.40. The van der Waals surface area contributed by atoms with E-state index in [1.807, 2.05) is 11.8 Å². The predicted octanol–water partition coefficient (Wildman–Crippen LogP) is 3.80. The van der Waals surface area contributed by atoms with E-state index in [4.69, 9.17) is 0 Å². The second-order valence-corrected chi connectivity index (χ2v) is 7.10. The van der Waals surface area contributed by atoms with Crippen molar-refractivity contribution >= 4 is 11.8 Å². The van der Waals surface area contributed by atoms with Crippen LogP contribution in [-0.2, 0) is 6.54 Å². The fourth-order valence-corrected chi connectivity index (χ4v) is 2.20. The Balaban J connectivity index is 1.84. The van der Waals surface area contributed by atoms with Crippen LogP contribution in [0.1, 0.15) is 43.7 Å². The molecule has 1 saturated carbocycles. The van der Waals surface area contributed by atoms with Crippen molar-refractivity contribution in [1.29, 1.82) is 0 Å². The predicted molar refractivity (Wildman–Crippen MR) is 77.7 cm³/mol. The quantitative estimate of drug-likeness (QED) is 0.823. The lowest BCUT2D eigenvalue weighted by Gasteiger charge is -2.22. The van der Waals surface area contributed by atoms with Crippen molar-refractivity contribution in [3.05, 3.63) is 35.4 Å². The zero-order chi connectivity index (χ0) is 12.3. The van der Waals surface area contributed by atoms with Gasteiger partial charge < -0.3 is 5.32 Å². The summed E-state index contributed by atoms with van der Waals surface area (Å²) in [7, 11) is 0. The third-order valence-electron chi connectivity index (χ3n) is 3.43. The Kier molecular flexibility index (Phi) is 4.16. The summed E-state index contributed by atoms with van der Waals surface area (Å²) in [6.45, 7) is 6.61. The van der Waals surface area contributed by atoms with Gasteiger partial charge in [-0.15, -0.1) is 0 Å². The van der Waals surface area contributed by atoms with Gasteiger partial charge in [-0.1, -0.05) is 24.3 Å². The number of hydrogen-bond acceptors (Lipinski definition) is 2. The molecule has 0 aliphatic heterocycles. The van der Waals surface area contributed by atoms with Crippen molar-refractivity contribution in [2.24, 2.45) is 0 Å². The first-order chi connectivity index (χ1) is 8.11. The summed E-state index contributed by atoms with van der Waals surface area (Å²) in [6.07, 6.45) is 4.95. The summed E-state index contributed by atoms with van der Waals surface area (Å²) >= 11 is 1.92. The van der Waals surface area contributed by atoms with Gasteiger partial charge in [0.05, 0.1) is 0 Å². The van der Waals surface area contributed by atoms with Crippen LogP contribution in [0.5, 0.6) is 0 Å². The van der Waals surface area contributed by atoms with Crippen molar-refractivity contribution in [2.75, 3.05) is 12.8 Å². The lowest BCUT2D eigenvalue weighted by molar-refractivity contribution is 0.591. The van der Waals surface area contributed by atoms with Crippen molar-refractivity contribution in [1.82, 2.24) is 5.32 Å². The third kappa shape index (κ3) is 4.04.